The van der Waals surface area contributed by atoms with Gasteiger partial charge in [-0.2, -0.15) is 0 Å². The van der Waals surface area contributed by atoms with Gasteiger partial charge in [0.05, 0.1) is 4.90 Å². The number of fused-ring (bicyclic) bond motifs is 1. The third-order valence-corrected chi connectivity index (χ3v) is 4.66. The number of anilines is 1. The minimum atomic E-state index is -3.90. The number of carbonyl (C=O) groups is 1. The highest BCUT2D eigenvalue weighted by atomic mass is 32.2. The molecule has 9 heteroatoms. The third kappa shape index (κ3) is 2.93. The molecule has 24 heavy (non-hydrogen) atoms. The lowest BCUT2D eigenvalue weighted by atomic mass is 10.2. The van der Waals surface area contributed by atoms with E-state index in [4.69, 9.17) is 0 Å². The van der Waals surface area contributed by atoms with Gasteiger partial charge in [0.2, 0.25) is 5.95 Å². The van der Waals surface area contributed by atoms with Crippen LogP contribution in [-0.4, -0.2) is 47.9 Å². The zero-order valence-electron chi connectivity index (χ0n) is 13.0. The first kappa shape index (κ1) is 15.9. The normalized spacial score (nSPS) is 11.4. The second-order valence-corrected chi connectivity index (χ2v) is 6.97. The predicted octanol–water partition coefficient (Wildman–Crippen LogP) is 1.23. The highest BCUT2D eigenvalue weighted by molar-refractivity contribution is 7.92. The van der Waals surface area contributed by atoms with Crippen molar-refractivity contribution in [1.82, 2.24) is 19.5 Å². The van der Waals surface area contributed by atoms with Gasteiger partial charge in [0, 0.05) is 25.9 Å². The number of sulfonamides is 1. The molecular formula is C15H15N5O3S. The van der Waals surface area contributed by atoms with Crippen LogP contribution in [0, 0.1) is 0 Å². The van der Waals surface area contributed by atoms with Crippen LogP contribution in [0.4, 0.5) is 5.95 Å². The summed E-state index contributed by atoms with van der Waals surface area (Å²) in [4.78, 5) is 13.4. The molecule has 0 saturated heterocycles. The molecule has 2 aromatic heterocycles. The van der Waals surface area contributed by atoms with Crippen molar-refractivity contribution in [2.24, 2.45) is 0 Å². The molecule has 0 spiro atoms. The molecule has 0 bridgehead atoms. The molecule has 1 aromatic carbocycles. The van der Waals surface area contributed by atoms with Crippen LogP contribution in [0.3, 0.4) is 0 Å². The maximum absolute atomic E-state index is 12.6. The van der Waals surface area contributed by atoms with Gasteiger partial charge in [0.1, 0.15) is 0 Å². The van der Waals surface area contributed by atoms with Gasteiger partial charge in [0.15, 0.2) is 5.65 Å². The summed E-state index contributed by atoms with van der Waals surface area (Å²) < 4.78 is 29.1. The maximum Gasteiger partial charge on any atom is 0.264 e. The van der Waals surface area contributed by atoms with Gasteiger partial charge >= 0.3 is 0 Å². The molecule has 2 heterocycles. The minimum Gasteiger partial charge on any atom is -0.345 e. The summed E-state index contributed by atoms with van der Waals surface area (Å²) in [6.07, 6.45) is 1.65. The molecule has 0 radical (unpaired) electrons. The molecule has 0 aliphatic heterocycles. The van der Waals surface area contributed by atoms with E-state index in [1.54, 1.807) is 44.6 Å². The zero-order chi connectivity index (χ0) is 17.3. The number of aromatic nitrogens is 3. The predicted molar refractivity (Wildman–Crippen MR) is 88.3 cm³/mol. The van der Waals surface area contributed by atoms with Crippen molar-refractivity contribution in [3.05, 3.63) is 54.2 Å². The van der Waals surface area contributed by atoms with Crippen LogP contribution < -0.4 is 4.72 Å². The van der Waals surface area contributed by atoms with E-state index in [-0.39, 0.29) is 22.3 Å². The molecule has 3 rings (SSSR count). The smallest absolute Gasteiger partial charge is 0.264 e. The van der Waals surface area contributed by atoms with Crippen molar-refractivity contribution in [3.8, 4) is 0 Å². The largest absolute Gasteiger partial charge is 0.345 e. The molecule has 0 aliphatic carbocycles. The summed E-state index contributed by atoms with van der Waals surface area (Å²) in [7, 11) is -0.698. The number of nitrogens with zero attached hydrogens (tertiary/aromatic N) is 4. The van der Waals surface area contributed by atoms with Crippen molar-refractivity contribution < 1.29 is 13.2 Å². The highest BCUT2D eigenvalue weighted by Gasteiger charge is 2.19. The number of hydrogen-bond acceptors (Lipinski definition) is 5. The minimum absolute atomic E-state index is 0.0251. The Morgan fingerprint density at radius 1 is 1.12 bits per heavy atom. The second-order valence-electron chi connectivity index (χ2n) is 5.29. The number of nitrogens with one attached hydrogen (secondary N) is 1. The van der Waals surface area contributed by atoms with Crippen molar-refractivity contribution in [2.75, 3.05) is 18.8 Å². The van der Waals surface area contributed by atoms with Crippen LogP contribution in [0.1, 0.15) is 10.4 Å². The van der Waals surface area contributed by atoms with Gasteiger partial charge in [0.25, 0.3) is 15.9 Å². The summed E-state index contributed by atoms with van der Waals surface area (Å²) >= 11 is 0. The lowest BCUT2D eigenvalue weighted by molar-refractivity contribution is 0.0827. The van der Waals surface area contributed by atoms with Crippen LogP contribution in [0.5, 0.6) is 0 Å². The van der Waals surface area contributed by atoms with Gasteiger partial charge < -0.3 is 4.90 Å². The quantitative estimate of drug-likeness (QED) is 0.767. The first-order chi connectivity index (χ1) is 11.4. The Bertz CT molecular complexity index is 1010. The number of rotatable bonds is 4. The van der Waals surface area contributed by atoms with Gasteiger partial charge in [-0.15, -0.1) is 10.2 Å². The molecule has 0 atom stereocenters. The summed E-state index contributed by atoms with van der Waals surface area (Å²) in [5, 5.41) is 7.73. The fourth-order valence-electron chi connectivity index (χ4n) is 2.14. The molecule has 0 fully saturated rings. The lowest BCUT2D eigenvalue weighted by Gasteiger charge is -2.11. The molecule has 1 amide bonds. The fourth-order valence-corrected chi connectivity index (χ4v) is 3.18. The topological polar surface area (TPSA) is 96.7 Å². The number of hydrogen-bond donors (Lipinski definition) is 1. The average Bonchev–Trinajstić information content (AvgIpc) is 2.97. The highest BCUT2D eigenvalue weighted by Crippen LogP contribution is 2.17. The Morgan fingerprint density at radius 3 is 2.67 bits per heavy atom. The summed E-state index contributed by atoms with van der Waals surface area (Å²) in [5.41, 5.74) is 0.806. The Balaban J connectivity index is 1.96. The molecule has 8 nitrogen and oxygen atoms in total. The molecule has 0 saturated carbocycles. The standard InChI is InChI=1S/C15H15N5O3S/c1-19(2)14(21)11-6-5-7-12(10-11)24(22,23)18-15-17-16-13-8-3-4-9-20(13)15/h3-10H,1-2H3,(H,17,18). The van der Waals surface area contributed by atoms with Crippen molar-refractivity contribution in [1.29, 1.82) is 0 Å². The molecule has 0 unspecified atom stereocenters. The van der Waals surface area contributed by atoms with E-state index in [1.165, 1.54) is 27.5 Å². The van der Waals surface area contributed by atoms with Crippen LogP contribution >= 0.6 is 0 Å². The molecule has 0 aliphatic rings. The molecule has 1 N–H and O–H groups in total. The average molecular weight is 345 g/mol. The fraction of sp³-hybridized carbons (Fsp3) is 0.133. The van der Waals surface area contributed by atoms with Gasteiger partial charge in [-0.05, 0) is 30.3 Å². The molecule has 124 valence electrons. The monoisotopic (exact) mass is 345 g/mol. The SMILES string of the molecule is CN(C)C(=O)c1cccc(S(=O)(=O)Nc2nnc3ccccn23)c1. The number of benzene rings is 1. The zero-order valence-corrected chi connectivity index (χ0v) is 13.9. The van der Waals surface area contributed by atoms with E-state index >= 15 is 0 Å². The Morgan fingerprint density at radius 2 is 1.92 bits per heavy atom. The summed E-state index contributed by atoms with van der Waals surface area (Å²) in [5.74, 6) is -0.199. The first-order valence-electron chi connectivity index (χ1n) is 7.03. The van der Waals surface area contributed by atoms with Gasteiger partial charge in [-0.25, -0.2) is 13.1 Å². The third-order valence-electron chi connectivity index (χ3n) is 3.34. The number of amides is 1. The first-order valence-corrected chi connectivity index (χ1v) is 8.51. The van der Waals surface area contributed by atoms with Crippen LogP contribution in [0.2, 0.25) is 0 Å². The van der Waals surface area contributed by atoms with Crippen LogP contribution in [0.15, 0.2) is 53.6 Å². The maximum atomic E-state index is 12.6. The number of pyridine rings is 1. The van der Waals surface area contributed by atoms with E-state index in [0.717, 1.165) is 0 Å². The van der Waals surface area contributed by atoms with Gasteiger partial charge in [-0.3, -0.25) is 9.20 Å². The van der Waals surface area contributed by atoms with E-state index < -0.39 is 10.0 Å². The Hall–Kier alpha value is -2.94. The lowest BCUT2D eigenvalue weighted by Crippen LogP contribution is -2.22. The van der Waals surface area contributed by atoms with Crippen molar-refractivity contribution in [2.45, 2.75) is 4.90 Å². The summed E-state index contributed by atoms with van der Waals surface area (Å²) in [6, 6.07) is 11.1. The van der Waals surface area contributed by atoms with E-state index in [0.29, 0.717) is 5.65 Å². The van der Waals surface area contributed by atoms with Crippen LogP contribution in [-0.2, 0) is 10.0 Å². The second kappa shape index (κ2) is 5.93. The van der Waals surface area contributed by atoms with Crippen molar-refractivity contribution >= 4 is 27.5 Å². The Labute approximate surface area is 138 Å². The van der Waals surface area contributed by atoms with Crippen LogP contribution in [0.25, 0.3) is 5.65 Å². The van der Waals surface area contributed by atoms with Crippen molar-refractivity contribution in [3.63, 3.8) is 0 Å². The molecule has 3 aromatic rings. The summed E-state index contributed by atoms with van der Waals surface area (Å²) in [6.45, 7) is 0. The molecular weight excluding hydrogens is 330 g/mol. The van der Waals surface area contributed by atoms with E-state index in [2.05, 4.69) is 14.9 Å². The van der Waals surface area contributed by atoms with Gasteiger partial charge in [-0.1, -0.05) is 12.1 Å². The van der Waals surface area contributed by atoms with E-state index in [9.17, 15) is 13.2 Å². The van der Waals surface area contributed by atoms with E-state index in [1.807, 2.05) is 0 Å². The Kier molecular flexibility index (Phi) is 3.94. The number of carbonyl (C=O) groups excluding carboxylic acids is 1.